The molecule has 0 spiro atoms. The second-order valence-corrected chi connectivity index (χ2v) is 9.09. The summed E-state index contributed by atoms with van der Waals surface area (Å²) in [5.41, 5.74) is 3.65. The van der Waals surface area contributed by atoms with Crippen molar-refractivity contribution in [2.24, 2.45) is 0 Å². The van der Waals surface area contributed by atoms with E-state index in [2.05, 4.69) is 32.2 Å². The van der Waals surface area contributed by atoms with Crippen molar-refractivity contribution in [3.8, 4) is 5.75 Å². The predicted molar refractivity (Wildman–Crippen MR) is 128 cm³/mol. The van der Waals surface area contributed by atoms with E-state index in [0.29, 0.717) is 25.4 Å². The molecule has 1 aliphatic rings. The van der Waals surface area contributed by atoms with Crippen LogP contribution in [0.1, 0.15) is 62.6 Å². The van der Waals surface area contributed by atoms with E-state index >= 15 is 0 Å². The number of carbonyl (C=O) groups excluding carboxylic acids is 2. The topological polar surface area (TPSA) is 58.6 Å². The van der Waals surface area contributed by atoms with Gasteiger partial charge in [0, 0.05) is 25.6 Å². The number of nitrogens with one attached hydrogen (secondary N) is 1. The SMILES string of the molecule is Cc1cc(OC(C)C(=O)N2CCC(NC(=O)CCc3ccccc3)CC2)ccc1C(C)C. The van der Waals surface area contributed by atoms with E-state index in [1.807, 2.05) is 54.3 Å². The maximum absolute atomic E-state index is 12.9. The number of hydrogen-bond acceptors (Lipinski definition) is 3. The van der Waals surface area contributed by atoms with Crippen LogP contribution in [0, 0.1) is 6.92 Å². The molecule has 2 aromatic carbocycles. The molecule has 0 aliphatic carbocycles. The maximum atomic E-state index is 12.9. The Hall–Kier alpha value is -2.82. The summed E-state index contributed by atoms with van der Waals surface area (Å²) in [7, 11) is 0. The highest BCUT2D eigenvalue weighted by Gasteiger charge is 2.27. The van der Waals surface area contributed by atoms with Gasteiger partial charge in [-0.05, 0) is 67.9 Å². The van der Waals surface area contributed by atoms with E-state index in [-0.39, 0.29) is 17.9 Å². The molecule has 3 rings (SSSR count). The smallest absolute Gasteiger partial charge is 0.263 e. The number of rotatable bonds is 8. The van der Waals surface area contributed by atoms with Crippen molar-refractivity contribution in [3.63, 3.8) is 0 Å². The van der Waals surface area contributed by atoms with E-state index in [1.165, 1.54) is 16.7 Å². The summed E-state index contributed by atoms with van der Waals surface area (Å²) in [6.07, 6.45) is 2.26. The largest absolute Gasteiger partial charge is 0.481 e. The number of likely N-dealkylation sites (tertiary alicyclic amines) is 1. The van der Waals surface area contributed by atoms with Gasteiger partial charge >= 0.3 is 0 Å². The zero-order valence-electron chi connectivity index (χ0n) is 19.8. The minimum atomic E-state index is -0.531. The minimum Gasteiger partial charge on any atom is -0.481 e. The fourth-order valence-corrected chi connectivity index (χ4v) is 4.33. The Morgan fingerprint density at radius 1 is 1.06 bits per heavy atom. The molecule has 5 heteroatoms. The van der Waals surface area contributed by atoms with Crippen LogP contribution in [0.25, 0.3) is 0 Å². The number of hydrogen-bond donors (Lipinski definition) is 1. The Kier molecular flexibility index (Phi) is 8.32. The zero-order chi connectivity index (χ0) is 23.1. The Labute approximate surface area is 192 Å². The molecule has 1 aliphatic heterocycles. The van der Waals surface area contributed by atoms with Gasteiger partial charge in [0.05, 0.1) is 0 Å². The summed E-state index contributed by atoms with van der Waals surface area (Å²) < 4.78 is 5.95. The Bertz CT molecular complexity index is 902. The Morgan fingerprint density at radius 3 is 2.38 bits per heavy atom. The number of piperidine rings is 1. The molecule has 2 amide bonds. The molecule has 0 radical (unpaired) electrons. The van der Waals surface area contributed by atoms with Gasteiger partial charge in [0.2, 0.25) is 5.91 Å². The lowest BCUT2D eigenvalue weighted by Crippen LogP contribution is -2.49. The van der Waals surface area contributed by atoms with Gasteiger partial charge in [-0.2, -0.15) is 0 Å². The molecule has 2 aromatic rings. The number of ether oxygens (including phenoxy) is 1. The molecular formula is C27H36N2O3. The molecule has 0 aromatic heterocycles. The van der Waals surface area contributed by atoms with Crippen molar-refractivity contribution < 1.29 is 14.3 Å². The molecule has 1 atom stereocenters. The molecule has 5 nitrogen and oxygen atoms in total. The molecule has 0 bridgehead atoms. The summed E-state index contributed by atoms with van der Waals surface area (Å²) in [5, 5.41) is 3.13. The molecular weight excluding hydrogens is 400 g/mol. The summed E-state index contributed by atoms with van der Waals surface area (Å²) in [4.78, 5) is 27.0. The van der Waals surface area contributed by atoms with Crippen molar-refractivity contribution >= 4 is 11.8 Å². The molecule has 0 saturated carbocycles. The monoisotopic (exact) mass is 436 g/mol. The number of nitrogens with zero attached hydrogens (tertiary/aromatic N) is 1. The summed E-state index contributed by atoms with van der Waals surface area (Å²) in [6, 6.07) is 16.2. The lowest BCUT2D eigenvalue weighted by atomic mass is 9.98. The average molecular weight is 437 g/mol. The highest BCUT2D eigenvalue weighted by atomic mass is 16.5. The predicted octanol–water partition coefficient (Wildman–Crippen LogP) is 4.63. The van der Waals surface area contributed by atoms with E-state index in [1.54, 1.807) is 0 Å². The summed E-state index contributed by atoms with van der Waals surface area (Å²) in [5.74, 6) is 1.27. The first-order valence-corrected chi connectivity index (χ1v) is 11.7. The van der Waals surface area contributed by atoms with Crippen molar-refractivity contribution in [1.29, 1.82) is 0 Å². The normalized spacial score (nSPS) is 15.5. The number of aryl methyl sites for hydroxylation is 2. The highest BCUT2D eigenvalue weighted by molar-refractivity contribution is 5.81. The average Bonchev–Trinajstić information content (AvgIpc) is 2.78. The Morgan fingerprint density at radius 2 is 1.75 bits per heavy atom. The van der Waals surface area contributed by atoms with Crippen molar-refractivity contribution in [2.45, 2.75) is 71.4 Å². The van der Waals surface area contributed by atoms with Crippen LogP contribution < -0.4 is 10.1 Å². The number of carbonyl (C=O) groups is 2. The Balaban J connectivity index is 1.42. The van der Waals surface area contributed by atoms with Crippen molar-refractivity contribution in [1.82, 2.24) is 10.2 Å². The van der Waals surface area contributed by atoms with Crippen LogP contribution in [0.15, 0.2) is 48.5 Å². The third-order valence-electron chi connectivity index (χ3n) is 6.18. The van der Waals surface area contributed by atoms with E-state index in [9.17, 15) is 9.59 Å². The van der Waals surface area contributed by atoms with Crippen LogP contribution in [-0.4, -0.2) is 41.9 Å². The van der Waals surface area contributed by atoms with E-state index < -0.39 is 6.10 Å². The molecule has 1 unspecified atom stereocenters. The van der Waals surface area contributed by atoms with Crippen molar-refractivity contribution in [3.05, 3.63) is 65.2 Å². The van der Waals surface area contributed by atoms with Crippen LogP contribution in [-0.2, 0) is 16.0 Å². The van der Waals surface area contributed by atoms with Crippen LogP contribution in [0.3, 0.4) is 0 Å². The van der Waals surface area contributed by atoms with Gasteiger partial charge in [-0.25, -0.2) is 0 Å². The first kappa shape index (κ1) is 23.8. The first-order chi connectivity index (χ1) is 15.3. The fourth-order valence-electron chi connectivity index (χ4n) is 4.33. The quantitative estimate of drug-likeness (QED) is 0.657. The second-order valence-electron chi connectivity index (χ2n) is 9.09. The van der Waals surface area contributed by atoms with Gasteiger partial charge in [0.15, 0.2) is 6.10 Å². The van der Waals surface area contributed by atoms with Crippen LogP contribution in [0.2, 0.25) is 0 Å². The minimum absolute atomic E-state index is 0.00411. The van der Waals surface area contributed by atoms with E-state index in [0.717, 1.165) is 25.0 Å². The third-order valence-corrected chi connectivity index (χ3v) is 6.18. The van der Waals surface area contributed by atoms with Crippen LogP contribution in [0.4, 0.5) is 0 Å². The van der Waals surface area contributed by atoms with Gasteiger partial charge in [0.1, 0.15) is 5.75 Å². The molecule has 1 N–H and O–H groups in total. The van der Waals surface area contributed by atoms with Gasteiger partial charge in [-0.3, -0.25) is 9.59 Å². The maximum Gasteiger partial charge on any atom is 0.263 e. The second kappa shape index (κ2) is 11.2. The van der Waals surface area contributed by atoms with Gasteiger partial charge < -0.3 is 15.0 Å². The summed E-state index contributed by atoms with van der Waals surface area (Å²) >= 11 is 0. The molecule has 1 saturated heterocycles. The molecule has 1 fully saturated rings. The van der Waals surface area contributed by atoms with Crippen LogP contribution >= 0.6 is 0 Å². The first-order valence-electron chi connectivity index (χ1n) is 11.7. The van der Waals surface area contributed by atoms with Gasteiger partial charge in [-0.1, -0.05) is 50.2 Å². The lowest BCUT2D eigenvalue weighted by Gasteiger charge is -2.34. The van der Waals surface area contributed by atoms with E-state index in [4.69, 9.17) is 4.74 Å². The number of amides is 2. The van der Waals surface area contributed by atoms with Gasteiger partial charge in [-0.15, -0.1) is 0 Å². The zero-order valence-corrected chi connectivity index (χ0v) is 19.8. The molecule has 32 heavy (non-hydrogen) atoms. The molecule has 172 valence electrons. The lowest BCUT2D eigenvalue weighted by molar-refractivity contribution is -0.139. The highest BCUT2D eigenvalue weighted by Crippen LogP contribution is 2.24. The fraction of sp³-hybridized carbons (Fsp3) is 0.481. The summed E-state index contributed by atoms with van der Waals surface area (Å²) in [6.45, 7) is 9.51. The number of benzene rings is 2. The molecule has 1 heterocycles. The van der Waals surface area contributed by atoms with Crippen LogP contribution in [0.5, 0.6) is 5.75 Å². The standard InChI is InChI=1S/C27H36N2O3/c1-19(2)25-12-11-24(18-20(25)3)32-21(4)27(31)29-16-14-23(15-17-29)28-26(30)13-10-22-8-6-5-7-9-22/h5-9,11-12,18-19,21,23H,10,13-17H2,1-4H3,(H,28,30). The third kappa shape index (κ3) is 6.59. The van der Waals surface area contributed by atoms with Crippen molar-refractivity contribution in [2.75, 3.05) is 13.1 Å². The van der Waals surface area contributed by atoms with Gasteiger partial charge in [0.25, 0.3) is 5.91 Å².